The van der Waals surface area contributed by atoms with Crippen LogP contribution in [0.25, 0.3) is 0 Å². The van der Waals surface area contributed by atoms with Crippen molar-refractivity contribution in [3.05, 3.63) is 26.3 Å². The van der Waals surface area contributed by atoms with E-state index in [-0.39, 0.29) is 17.7 Å². The van der Waals surface area contributed by atoms with Gasteiger partial charge in [-0.2, -0.15) is 0 Å². The largest absolute Gasteiger partial charge is 0.507 e. The smallest absolute Gasteiger partial charge is 0.230 e. The minimum absolute atomic E-state index is 0.0531. The van der Waals surface area contributed by atoms with E-state index in [2.05, 4.69) is 22.6 Å². The van der Waals surface area contributed by atoms with Gasteiger partial charge in [0.25, 0.3) is 0 Å². The lowest BCUT2D eigenvalue weighted by Crippen LogP contribution is -2.75. The van der Waals surface area contributed by atoms with Crippen LogP contribution in [0.5, 0.6) is 5.75 Å². The number of ketones is 3. The average molecular weight is 598 g/mol. The van der Waals surface area contributed by atoms with Crippen LogP contribution in [0, 0.1) is 27.2 Å². The number of halogens is 1. The molecule has 0 aliphatic heterocycles. The summed E-state index contributed by atoms with van der Waals surface area (Å²) in [7, 11) is 3.24. The molecule has 35 heavy (non-hydrogen) atoms. The van der Waals surface area contributed by atoms with Gasteiger partial charge in [-0.25, -0.2) is 0 Å². The number of benzene rings is 1. The Bertz CT molecular complexity index is 1160. The van der Waals surface area contributed by atoms with Crippen molar-refractivity contribution in [2.45, 2.75) is 56.8 Å². The van der Waals surface area contributed by atoms with E-state index in [1.807, 2.05) is 26.8 Å². The molecule has 0 radical (unpaired) electrons. The van der Waals surface area contributed by atoms with E-state index in [4.69, 9.17) is 5.73 Å². The van der Waals surface area contributed by atoms with Crippen molar-refractivity contribution in [1.82, 2.24) is 4.90 Å². The van der Waals surface area contributed by atoms with Crippen molar-refractivity contribution >= 4 is 45.8 Å². The topological polar surface area (TPSA) is 158 Å². The minimum atomic E-state index is -2.65. The second-order valence-electron chi connectivity index (χ2n) is 11.3. The zero-order chi connectivity index (χ0) is 26.4. The fourth-order valence-corrected chi connectivity index (χ4v) is 7.22. The van der Waals surface area contributed by atoms with Crippen molar-refractivity contribution < 1.29 is 34.5 Å². The van der Waals surface area contributed by atoms with Crippen LogP contribution in [-0.2, 0) is 26.2 Å². The van der Waals surface area contributed by atoms with Crippen LogP contribution < -0.4 is 5.73 Å². The van der Waals surface area contributed by atoms with Crippen molar-refractivity contribution in [3.8, 4) is 5.75 Å². The number of phenolic OH excluding ortho intramolecular Hbond substituents is 1. The number of rotatable bonds is 2. The molecule has 7 atom stereocenters. The Morgan fingerprint density at radius 1 is 1.20 bits per heavy atom. The van der Waals surface area contributed by atoms with Gasteiger partial charge in [0.2, 0.25) is 5.91 Å². The SMILES string of the molecule is CN(C)[C@H]1C(O)C(C(N)=O)C(=O)[C@]2(O)C(=O)C3C(=O)c4c(O)c(C(C)(C)C)cc(I)c4C[C@@H]3C[C@H]12. The number of hydrogen-bond acceptors (Lipinski definition) is 8. The van der Waals surface area contributed by atoms with Crippen molar-refractivity contribution in [2.75, 3.05) is 14.1 Å². The summed E-state index contributed by atoms with van der Waals surface area (Å²) in [4.78, 5) is 54.6. The van der Waals surface area contributed by atoms with E-state index >= 15 is 0 Å². The molecule has 10 heteroatoms. The normalized spacial score (nSPS) is 34.9. The number of nitrogens with zero attached hydrogens (tertiary/aromatic N) is 1. The van der Waals surface area contributed by atoms with Gasteiger partial charge < -0.3 is 26.0 Å². The number of fused-ring (bicyclic) bond motifs is 3. The summed E-state index contributed by atoms with van der Waals surface area (Å²) in [5.74, 6) is -8.81. The van der Waals surface area contributed by atoms with Gasteiger partial charge >= 0.3 is 0 Å². The standard InChI is InChI=1S/C25H31IN2O7/c1-24(2,3)12-8-13(26)10-6-9-7-11-17(28(4)5)20(31)16(23(27)34)22(33)25(11,35)21(32)14(9)19(30)15(10)18(12)29/h8-9,11,14,16-17,20,29,31,35H,6-7H2,1-5H3,(H2,27,34)/t9-,11-,14?,16?,17-,20?,25-/m1/s1. The number of amides is 1. The van der Waals surface area contributed by atoms with Gasteiger partial charge in [-0.3, -0.25) is 19.2 Å². The molecule has 3 unspecified atom stereocenters. The minimum Gasteiger partial charge on any atom is -0.507 e. The van der Waals surface area contributed by atoms with Gasteiger partial charge in [0.1, 0.15) is 11.7 Å². The molecular formula is C25H31IN2O7. The highest BCUT2D eigenvalue weighted by atomic mass is 127. The number of carbonyl (C=O) groups excluding carboxylic acids is 4. The molecule has 0 spiro atoms. The van der Waals surface area contributed by atoms with Crippen molar-refractivity contribution in [3.63, 3.8) is 0 Å². The number of aliphatic hydroxyl groups is 2. The van der Waals surface area contributed by atoms with Gasteiger partial charge in [-0.15, -0.1) is 0 Å². The monoisotopic (exact) mass is 598 g/mol. The van der Waals surface area contributed by atoms with E-state index in [9.17, 15) is 34.5 Å². The first-order valence-corrected chi connectivity index (χ1v) is 12.7. The first kappa shape index (κ1) is 26.2. The van der Waals surface area contributed by atoms with E-state index in [1.165, 1.54) is 0 Å². The highest BCUT2D eigenvalue weighted by Gasteiger charge is 2.69. The van der Waals surface area contributed by atoms with E-state index in [1.54, 1.807) is 19.0 Å². The van der Waals surface area contributed by atoms with Crippen LogP contribution in [0.1, 0.15) is 48.7 Å². The van der Waals surface area contributed by atoms with E-state index < -0.39 is 70.1 Å². The number of carbonyl (C=O) groups is 4. The second-order valence-corrected chi connectivity index (χ2v) is 12.5. The Balaban J connectivity index is 1.89. The molecule has 2 fully saturated rings. The molecule has 2 saturated carbocycles. The zero-order valence-electron chi connectivity index (χ0n) is 20.3. The molecule has 4 rings (SSSR count). The predicted molar refractivity (Wildman–Crippen MR) is 134 cm³/mol. The Morgan fingerprint density at radius 2 is 1.80 bits per heavy atom. The molecular weight excluding hydrogens is 567 g/mol. The maximum atomic E-state index is 13.8. The number of nitrogens with two attached hydrogens (primary N) is 1. The molecule has 3 aliphatic carbocycles. The third kappa shape index (κ3) is 3.59. The summed E-state index contributed by atoms with van der Waals surface area (Å²) < 4.78 is 0.790. The molecule has 190 valence electrons. The Kier molecular flexibility index (Phi) is 6.22. The number of hydrogen-bond donors (Lipinski definition) is 4. The lowest BCUT2D eigenvalue weighted by molar-refractivity contribution is -0.190. The Hall–Kier alpha value is -1.89. The van der Waals surface area contributed by atoms with Crippen LogP contribution in [0.3, 0.4) is 0 Å². The number of primary amides is 1. The van der Waals surface area contributed by atoms with E-state index in [0.29, 0.717) is 17.5 Å². The summed E-state index contributed by atoms with van der Waals surface area (Å²) >= 11 is 2.12. The second kappa shape index (κ2) is 8.32. The maximum Gasteiger partial charge on any atom is 0.230 e. The highest BCUT2D eigenvalue weighted by Crippen LogP contribution is 2.52. The number of phenols is 1. The van der Waals surface area contributed by atoms with Crippen molar-refractivity contribution in [1.29, 1.82) is 0 Å². The lowest BCUT2D eigenvalue weighted by Gasteiger charge is -2.54. The summed E-state index contributed by atoms with van der Waals surface area (Å²) in [6.45, 7) is 5.70. The molecule has 9 nitrogen and oxygen atoms in total. The van der Waals surface area contributed by atoms with Gasteiger partial charge in [-0.1, -0.05) is 20.8 Å². The van der Waals surface area contributed by atoms with E-state index in [0.717, 1.165) is 3.57 Å². The fourth-order valence-electron chi connectivity index (χ4n) is 6.42. The first-order valence-electron chi connectivity index (χ1n) is 11.6. The molecule has 0 bridgehead atoms. The van der Waals surface area contributed by atoms with Gasteiger partial charge in [-0.05, 0) is 72.5 Å². The summed E-state index contributed by atoms with van der Waals surface area (Å²) in [5, 5.41) is 33.6. The van der Waals surface area contributed by atoms with Crippen LogP contribution in [0.15, 0.2) is 6.07 Å². The number of aromatic hydroxyl groups is 1. The quantitative estimate of drug-likeness (QED) is 0.284. The van der Waals surface area contributed by atoms with Crippen LogP contribution in [-0.4, -0.2) is 75.3 Å². The molecule has 1 amide bonds. The van der Waals surface area contributed by atoms with Crippen molar-refractivity contribution in [2.24, 2.45) is 29.4 Å². The molecule has 1 aromatic carbocycles. The van der Waals surface area contributed by atoms with Crippen LogP contribution in [0.4, 0.5) is 0 Å². The third-order valence-corrected chi connectivity index (χ3v) is 9.01. The van der Waals surface area contributed by atoms with Gasteiger partial charge in [0, 0.05) is 21.1 Å². The predicted octanol–water partition coefficient (Wildman–Crippen LogP) is 0.561. The molecule has 0 aromatic heterocycles. The van der Waals surface area contributed by atoms with Gasteiger partial charge in [0.05, 0.1) is 17.6 Å². The first-order chi connectivity index (χ1) is 16.0. The van der Waals surface area contributed by atoms with Crippen LogP contribution >= 0.6 is 22.6 Å². The fraction of sp³-hybridized carbons (Fsp3) is 0.600. The molecule has 3 aliphatic rings. The highest BCUT2D eigenvalue weighted by molar-refractivity contribution is 14.1. The lowest BCUT2D eigenvalue weighted by atomic mass is 9.52. The van der Waals surface area contributed by atoms with Gasteiger partial charge in [0.15, 0.2) is 23.0 Å². The number of likely N-dealkylation sites (N-methyl/N-ethyl adjacent to an activating group) is 1. The average Bonchev–Trinajstić information content (AvgIpc) is 2.71. The summed E-state index contributed by atoms with van der Waals surface area (Å²) in [6.07, 6.45) is -1.11. The maximum absolute atomic E-state index is 13.8. The number of Topliss-reactive ketones (excluding diaryl/α,β-unsaturated/α-hetero) is 3. The molecule has 0 heterocycles. The molecule has 1 aromatic rings. The summed E-state index contributed by atoms with van der Waals surface area (Å²) in [6, 6.07) is 0.935. The molecule has 5 N–H and O–H groups in total. The Morgan fingerprint density at radius 3 is 2.31 bits per heavy atom. The zero-order valence-corrected chi connectivity index (χ0v) is 22.5. The Labute approximate surface area is 217 Å². The number of aliphatic hydroxyl groups excluding tert-OH is 1. The third-order valence-electron chi connectivity index (χ3n) is 8.04. The molecule has 0 saturated heterocycles. The summed E-state index contributed by atoms with van der Waals surface area (Å²) in [5.41, 5.74) is 3.52. The van der Waals surface area contributed by atoms with Crippen LogP contribution in [0.2, 0.25) is 0 Å².